The molecule has 0 amide bonds. The topological polar surface area (TPSA) is 37.3 Å². The summed E-state index contributed by atoms with van der Waals surface area (Å²) in [5.41, 5.74) is 1.20. The molecule has 0 unspecified atom stereocenters. The minimum Gasteiger partial charge on any atom is -0.507 e. The molecule has 108 valence electrons. The lowest BCUT2D eigenvalue weighted by atomic mass is 9.99. The van der Waals surface area contributed by atoms with Crippen LogP contribution in [-0.2, 0) is 0 Å². The molecule has 3 aromatic rings. The summed E-state index contributed by atoms with van der Waals surface area (Å²) in [7, 11) is 0. The maximum Gasteiger partial charge on any atom is 0.190 e. The maximum absolute atomic E-state index is 12.4. The summed E-state index contributed by atoms with van der Waals surface area (Å²) in [6, 6.07) is 18.0. The number of ketones is 1. The molecule has 0 saturated heterocycles. The highest BCUT2D eigenvalue weighted by Gasteiger charge is 2.12. The number of benzene rings is 3. The lowest BCUT2D eigenvalue weighted by Gasteiger charge is -2.06. The highest BCUT2D eigenvalue weighted by atomic mass is 35.5. The Morgan fingerprint density at radius 2 is 1.68 bits per heavy atom. The van der Waals surface area contributed by atoms with Gasteiger partial charge in [0.05, 0.1) is 5.56 Å². The van der Waals surface area contributed by atoms with Gasteiger partial charge in [0, 0.05) is 5.02 Å². The number of halogens is 1. The Morgan fingerprint density at radius 1 is 0.955 bits per heavy atom. The van der Waals surface area contributed by atoms with E-state index >= 15 is 0 Å². The van der Waals surface area contributed by atoms with Crippen LogP contribution in [0, 0.1) is 0 Å². The van der Waals surface area contributed by atoms with Crippen molar-refractivity contribution in [2.24, 2.45) is 0 Å². The zero-order valence-electron chi connectivity index (χ0n) is 11.7. The van der Waals surface area contributed by atoms with E-state index in [9.17, 15) is 9.90 Å². The summed E-state index contributed by atoms with van der Waals surface area (Å²) in [5, 5.41) is 12.4. The molecule has 0 aliphatic carbocycles. The molecule has 0 atom stereocenters. The van der Waals surface area contributed by atoms with E-state index in [1.807, 2.05) is 36.4 Å². The summed E-state index contributed by atoms with van der Waals surface area (Å²) >= 11 is 5.83. The lowest BCUT2D eigenvalue weighted by molar-refractivity contribution is 0.104. The Balaban J connectivity index is 1.98. The number of aromatic hydroxyl groups is 1. The fourth-order valence-corrected chi connectivity index (χ4v) is 2.47. The predicted octanol–water partition coefficient (Wildman–Crippen LogP) is 5.09. The van der Waals surface area contributed by atoms with Gasteiger partial charge in [-0.05, 0) is 40.6 Å². The molecule has 0 saturated carbocycles. The van der Waals surface area contributed by atoms with Crippen LogP contribution in [0.2, 0.25) is 5.02 Å². The molecule has 3 rings (SSSR count). The van der Waals surface area contributed by atoms with Crippen LogP contribution in [0.25, 0.3) is 16.8 Å². The van der Waals surface area contributed by atoms with Crippen LogP contribution in [0.15, 0.2) is 66.7 Å². The molecular formula is C19H13ClO2. The second kappa shape index (κ2) is 6.04. The first-order valence-corrected chi connectivity index (χ1v) is 7.21. The second-order valence-corrected chi connectivity index (χ2v) is 5.37. The lowest BCUT2D eigenvalue weighted by Crippen LogP contribution is -1.96. The predicted molar refractivity (Wildman–Crippen MR) is 90.4 cm³/mol. The average molecular weight is 309 g/mol. The molecule has 22 heavy (non-hydrogen) atoms. The van der Waals surface area contributed by atoms with Crippen LogP contribution >= 0.6 is 11.6 Å². The van der Waals surface area contributed by atoms with Gasteiger partial charge in [0.25, 0.3) is 0 Å². The van der Waals surface area contributed by atoms with E-state index in [1.54, 1.807) is 30.3 Å². The van der Waals surface area contributed by atoms with Crippen molar-refractivity contribution in [2.45, 2.75) is 0 Å². The van der Waals surface area contributed by atoms with E-state index in [4.69, 9.17) is 11.6 Å². The zero-order valence-corrected chi connectivity index (χ0v) is 12.4. The number of hydrogen-bond acceptors (Lipinski definition) is 2. The molecule has 0 aliphatic heterocycles. The number of fused-ring (bicyclic) bond motifs is 1. The van der Waals surface area contributed by atoms with Crippen LogP contribution in [0.3, 0.4) is 0 Å². The van der Waals surface area contributed by atoms with Gasteiger partial charge in [-0.15, -0.1) is 0 Å². The van der Waals surface area contributed by atoms with Crippen molar-refractivity contribution < 1.29 is 9.90 Å². The first kappa shape index (κ1) is 14.4. The van der Waals surface area contributed by atoms with Gasteiger partial charge in [0.1, 0.15) is 5.75 Å². The third kappa shape index (κ3) is 2.87. The summed E-state index contributed by atoms with van der Waals surface area (Å²) in [6.45, 7) is 0. The highest BCUT2D eigenvalue weighted by Crippen LogP contribution is 2.28. The Morgan fingerprint density at radius 3 is 2.45 bits per heavy atom. The van der Waals surface area contributed by atoms with Crippen LogP contribution in [-0.4, -0.2) is 10.9 Å². The Kier molecular flexibility index (Phi) is 3.94. The number of phenolic OH excluding ortho intramolecular Hbond substituents is 1. The monoisotopic (exact) mass is 308 g/mol. The van der Waals surface area contributed by atoms with Crippen LogP contribution in [0.4, 0.5) is 0 Å². The van der Waals surface area contributed by atoms with Crippen LogP contribution in [0.5, 0.6) is 5.75 Å². The molecule has 1 N–H and O–H groups in total. The number of carbonyl (C=O) groups excluding carboxylic acids is 1. The normalized spacial score (nSPS) is 11.1. The molecular weight excluding hydrogens is 296 g/mol. The van der Waals surface area contributed by atoms with Gasteiger partial charge in [-0.1, -0.05) is 60.1 Å². The highest BCUT2D eigenvalue weighted by molar-refractivity contribution is 6.30. The number of phenols is 1. The minimum absolute atomic E-state index is 0.00976. The van der Waals surface area contributed by atoms with Crippen molar-refractivity contribution in [3.05, 3.63) is 82.9 Å². The Hall–Kier alpha value is -2.58. The first-order chi connectivity index (χ1) is 10.6. The largest absolute Gasteiger partial charge is 0.507 e. The van der Waals surface area contributed by atoms with Gasteiger partial charge >= 0.3 is 0 Å². The van der Waals surface area contributed by atoms with Gasteiger partial charge in [-0.2, -0.15) is 0 Å². The number of allylic oxidation sites excluding steroid dienone is 1. The van der Waals surface area contributed by atoms with Gasteiger partial charge in [0.2, 0.25) is 0 Å². The van der Waals surface area contributed by atoms with E-state index in [0.717, 1.165) is 16.3 Å². The molecule has 3 aromatic carbocycles. The van der Waals surface area contributed by atoms with Crippen LogP contribution < -0.4 is 0 Å². The van der Waals surface area contributed by atoms with Gasteiger partial charge < -0.3 is 5.11 Å². The molecule has 0 aromatic heterocycles. The van der Waals surface area contributed by atoms with Gasteiger partial charge in [-0.3, -0.25) is 4.79 Å². The summed E-state index contributed by atoms with van der Waals surface area (Å²) < 4.78 is 0. The van der Waals surface area contributed by atoms with E-state index in [1.165, 1.54) is 6.08 Å². The molecule has 0 radical (unpaired) electrons. The van der Waals surface area contributed by atoms with Crippen molar-refractivity contribution in [1.29, 1.82) is 0 Å². The molecule has 0 bridgehead atoms. The molecule has 0 spiro atoms. The van der Waals surface area contributed by atoms with E-state index in [0.29, 0.717) is 10.6 Å². The van der Waals surface area contributed by atoms with Gasteiger partial charge in [0.15, 0.2) is 5.78 Å². The summed E-state index contributed by atoms with van der Waals surface area (Å²) in [5.74, 6) is -0.242. The molecule has 0 heterocycles. The SMILES string of the molecule is O=C(C=Cc1ccc(Cl)cc1)c1c(O)ccc2ccccc12. The van der Waals surface area contributed by atoms with Crippen molar-refractivity contribution in [3.8, 4) is 5.75 Å². The van der Waals surface area contributed by atoms with Crippen molar-refractivity contribution in [1.82, 2.24) is 0 Å². The van der Waals surface area contributed by atoms with E-state index in [-0.39, 0.29) is 11.5 Å². The van der Waals surface area contributed by atoms with Gasteiger partial charge in [-0.25, -0.2) is 0 Å². The second-order valence-electron chi connectivity index (χ2n) is 4.93. The molecule has 2 nitrogen and oxygen atoms in total. The van der Waals surface area contributed by atoms with Crippen LogP contribution in [0.1, 0.15) is 15.9 Å². The van der Waals surface area contributed by atoms with Crippen molar-refractivity contribution in [2.75, 3.05) is 0 Å². The maximum atomic E-state index is 12.4. The summed E-state index contributed by atoms with van der Waals surface area (Å²) in [4.78, 5) is 12.4. The molecule has 0 aliphatic rings. The van der Waals surface area contributed by atoms with Crippen molar-refractivity contribution >= 4 is 34.2 Å². The zero-order chi connectivity index (χ0) is 15.5. The van der Waals surface area contributed by atoms with E-state index < -0.39 is 0 Å². The van der Waals surface area contributed by atoms with E-state index in [2.05, 4.69) is 0 Å². The standard InChI is InChI=1S/C19H13ClO2/c20-15-9-5-13(6-10-15)7-11-17(21)19-16-4-2-1-3-14(16)8-12-18(19)22/h1-12,22H. The number of rotatable bonds is 3. The minimum atomic E-state index is -0.232. The molecule has 0 fully saturated rings. The average Bonchev–Trinajstić information content (AvgIpc) is 2.54. The quantitative estimate of drug-likeness (QED) is 0.540. The molecule has 3 heteroatoms. The third-order valence-electron chi connectivity index (χ3n) is 3.45. The fourth-order valence-electron chi connectivity index (χ4n) is 2.35. The van der Waals surface area contributed by atoms with Crippen molar-refractivity contribution in [3.63, 3.8) is 0 Å². The first-order valence-electron chi connectivity index (χ1n) is 6.84. The summed E-state index contributed by atoms with van der Waals surface area (Å²) in [6.07, 6.45) is 3.17. The third-order valence-corrected chi connectivity index (χ3v) is 3.70. The Labute approximate surface area is 133 Å². The smallest absolute Gasteiger partial charge is 0.190 e. The number of carbonyl (C=O) groups is 1. The fraction of sp³-hybridized carbons (Fsp3) is 0. The Bertz CT molecular complexity index is 864. The number of hydrogen-bond donors (Lipinski definition) is 1.